The molecule has 0 aliphatic carbocycles. The van der Waals surface area contributed by atoms with E-state index in [2.05, 4.69) is 17.1 Å². The summed E-state index contributed by atoms with van der Waals surface area (Å²) in [5.41, 5.74) is 0.736. The molecule has 1 fully saturated rings. The van der Waals surface area contributed by atoms with E-state index in [0.717, 1.165) is 51.3 Å². The zero-order valence-corrected chi connectivity index (χ0v) is 18.8. The fourth-order valence-electron chi connectivity index (χ4n) is 4.10. The Morgan fingerprint density at radius 2 is 1.81 bits per heavy atom. The van der Waals surface area contributed by atoms with Crippen molar-refractivity contribution in [2.75, 3.05) is 46.1 Å². The molecule has 7 nitrogen and oxygen atoms in total. The Morgan fingerprint density at radius 3 is 2.58 bits per heavy atom. The van der Waals surface area contributed by atoms with E-state index in [0.29, 0.717) is 37.6 Å². The highest BCUT2D eigenvalue weighted by molar-refractivity contribution is 5.76. The van der Waals surface area contributed by atoms with Crippen LogP contribution in [0.4, 0.5) is 0 Å². The summed E-state index contributed by atoms with van der Waals surface area (Å²) in [4.78, 5) is 14.9. The number of nitrogens with one attached hydrogen (secondary N) is 1. The first kappa shape index (κ1) is 23.8. The van der Waals surface area contributed by atoms with Gasteiger partial charge in [0, 0.05) is 26.1 Å². The Kier molecular flexibility index (Phi) is 9.90. The van der Waals surface area contributed by atoms with E-state index in [1.54, 1.807) is 0 Å². The van der Waals surface area contributed by atoms with Crippen molar-refractivity contribution in [2.45, 2.75) is 64.0 Å². The summed E-state index contributed by atoms with van der Waals surface area (Å²) in [5.74, 6) is 1.36. The van der Waals surface area contributed by atoms with Crippen LogP contribution < -0.4 is 14.8 Å². The van der Waals surface area contributed by atoms with E-state index in [4.69, 9.17) is 14.2 Å². The fraction of sp³-hybridized carbons (Fsp3) is 0.708. The molecule has 0 saturated carbocycles. The van der Waals surface area contributed by atoms with Crippen LogP contribution in [0.1, 0.15) is 63.5 Å². The Labute approximate surface area is 186 Å². The lowest BCUT2D eigenvalue weighted by molar-refractivity contribution is -0.123. The van der Waals surface area contributed by atoms with Crippen LogP contribution in [-0.2, 0) is 9.53 Å². The maximum Gasteiger partial charge on any atom is 0.220 e. The number of unbranched alkanes of at least 4 members (excludes halogenated alkanes) is 4. The van der Waals surface area contributed by atoms with Gasteiger partial charge in [-0.05, 0) is 30.5 Å². The van der Waals surface area contributed by atoms with Crippen LogP contribution in [0.15, 0.2) is 18.2 Å². The summed E-state index contributed by atoms with van der Waals surface area (Å²) < 4.78 is 16.7. The molecular formula is C24H38N2O5. The summed E-state index contributed by atoms with van der Waals surface area (Å²) in [6.45, 7) is 7.28. The molecule has 0 unspecified atom stereocenters. The summed E-state index contributed by atoms with van der Waals surface area (Å²) in [6.07, 6.45) is 5.92. The van der Waals surface area contributed by atoms with Crippen LogP contribution in [0.3, 0.4) is 0 Å². The highest BCUT2D eigenvalue weighted by Gasteiger charge is 2.25. The second kappa shape index (κ2) is 12.9. The number of ether oxygens (including phenoxy) is 3. The van der Waals surface area contributed by atoms with Crippen LogP contribution in [-0.4, -0.2) is 68.0 Å². The zero-order chi connectivity index (χ0) is 21.9. The van der Waals surface area contributed by atoms with Crippen LogP contribution >= 0.6 is 0 Å². The number of fused-ring (bicyclic) bond motifs is 1. The topological polar surface area (TPSA) is 80.3 Å². The molecule has 0 spiro atoms. The molecule has 2 N–H and O–H groups in total. The van der Waals surface area contributed by atoms with Crippen molar-refractivity contribution >= 4 is 5.91 Å². The Morgan fingerprint density at radius 1 is 1.06 bits per heavy atom. The van der Waals surface area contributed by atoms with E-state index >= 15 is 0 Å². The van der Waals surface area contributed by atoms with Crippen LogP contribution in [0.2, 0.25) is 0 Å². The maximum absolute atomic E-state index is 12.6. The number of aliphatic hydroxyl groups is 1. The largest absolute Gasteiger partial charge is 0.486 e. The quantitative estimate of drug-likeness (QED) is 0.492. The van der Waals surface area contributed by atoms with Crippen molar-refractivity contribution in [2.24, 2.45) is 0 Å². The third-order valence-electron chi connectivity index (χ3n) is 6.00. The normalized spacial score (nSPS) is 18.4. The van der Waals surface area contributed by atoms with Gasteiger partial charge in [0.1, 0.15) is 13.2 Å². The molecule has 0 radical (unpaired) electrons. The molecule has 2 aliphatic heterocycles. The molecule has 1 saturated heterocycles. The van der Waals surface area contributed by atoms with Gasteiger partial charge in [0.25, 0.3) is 0 Å². The fourth-order valence-corrected chi connectivity index (χ4v) is 4.10. The van der Waals surface area contributed by atoms with Gasteiger partial charge in [-0.15, -0.1) is 0 Å². The van der Waals surface area contributed by atoms with Crippen molar-refractivity contribution in [3.05, 3.63) is 23.8 Å². The second-order valence-corrected chi connectivity index (χ2v) is 8.43. The van der Waals surface area contributed by atoms with E-state index in [1.807, 2.05) is 18.2 Å². The predicted molar refractivity (Wildman–Crippen MR) is 120 cm³/mol. The Hall–Kier alpha value is -1.83. The molecule has 7 heteroatoms. The van der Waals surface area contributed by atoms with Gasteiger partial charge in [-0.1, -0.05) is 38.7 Å². The smallest absolute Gasteiger partial charge is 0.220 e. The molecule has 31 heavy (non-hydrogen) atoms. The predicted octanol–water partition coefficient (Wildman–Crippen LogP) is 3.06. The van der Waals surface area contributed by atoms with E-state index < -0.39 is 6.10 Å². The van der Waals surface area contributed by atoms with E-state index in [1.165, 1.54) is 19.3 Å². The lowest BCUT2D eigenvalue weighted by Crippen LogP contribution is -2.44. The molecule has 0 bridgehead atoms. The lowest BCUT2D eigenvalue weighted by Gasteiger charge is -2.31. The van der Waals surface area contributed by atoms with Gasteiger partial charge in [-0.25, -0.2) is 0 Å². The molecule has 174 valence electrons. The summed E-state index contributed by atoms with van der Waals surface area (Å²) in [5, 5.41) is 14.3. The van der Waals surface area contributed by atoms with Crippen molar-refractivity contribution < 1.29 is 24.1 Å². The van der Waals surface area contributed by atoms with Crippen LogP contribution in [0.5, 0.6) is 11.5 Å². The second-order valence-electron chi connectivity index (χ2n) is 8.43. The number of hydrogen-bond donors (Lipinski definition) is 2. The minimum Gasteiger partial charge on any atom is -0.486 e. The number of rotatable bonds is 12. The highest BCUT2D eigenvalue weighted by Crippen LogP contribution is 2.33. The average Bonchev–Trinajstić information content (AvgIpc) is 2.81. The molecule has 0 aromatic heterocycles. The van der Waals surface area contributed by atoms with Crippen molar-refractivity contribution in [3.8, 4) is 11.5 Å². The molecule has 1 aromatic carbocycles. The minimum atomic E-state index is -0.805. The van der Waals surface area contributed by atoms with Crippen molar-refractivity contribution in [3.63, 3.8) is 0 Å². The van der Waals surface area contributed by atoms with Crippen molar-refractivity contribution in [1.29, 1.82) is 0 Å². The van der Waals surface area contributed by atoms with Gasteiger partial charge in [-0.2, -0.15) is 0 Å². The Balaban J connectivity index is 1.60. The average molecular weight is 435 g/mol. The number of carbonyl (C=O) groups excluding carboxylic acids is 1. The molecule has 2 heterocycles. The number of morpholine rings is 1. The molecule has 1 aromatic rings. The molecule has 3 rings (SSSR count). The highest BCUT2D eigenvalue weighted by atomic mass is 16.6. The monoisotopic (exact) mass is 434 g/mol. The third kappa shape index (κ3) is 7.66. The number of aliphatic hydroxyl groups excluding tert-OH is 1. The van der Waals surface area contributed by atoms with Gasteiger partial charge < -0.3 is 24.6 Å². The number of benzene rings is 1. The van der Waals surface area contributed by atoms with E-state index in [-0.39, 0.29) is 11.9 Å². The van der Waals surface area contributed by atoms with Crippen LogP contribution in [0.25, 0.3) is 0 Å². The molecule has 1 amide bonds. The lowest BCUT2D eigenvalue weighted by atomic mass is 9.98. The first-order valence-corrected chi connectivity index (χ1v) is 11.8. The first-order chi connectivity index (χ1) is 15.2. The third-order valence-corrected chi connectivity index (χ3v) is 6.00. The Bertz CT molecular complexity index is 678. The van der Waals surface area contributed by atoms with Crippen LogP contribution in [0, 0.1) is 0 Å². The van der Waals surface area contributed by atoms with Gasteiger partial charge in [-0.3, -0.25) is 9.69 Å². The maximum atomic E-state index is 12.6. The minimum absolute atomic E-state index is 0.0140. The number of amides is 1. The molecule has 2 atom stereocenters. The standard InChI is InChI=1S/C24H38N2O5/c1-2-3-4-5-6-7-23(27)25-20(10-11-26-12-14-29-15-13-26)24(28)19-8-9-21-22(18-19)31-17-16-30-21/h8-9,18,20,24,28H,2-7,10-17H2,1H3,(H,25,27)/t20-,24-/m1/s1. The van der Waals surface area contributed by atoms with Gasteiger partial charge >= 0.3 is 0 Å². The van der Waals surface area contributed by atoms with Gasteiger partial charge in [0.15, 0.2) is 11.5 Å². The number of nitrogens with zero attached hydrogens (tertiary/aromatic N) is 1. The van der Waals surface area contributed by atoms with Crippen molar-refractivity contribution in [1.82, 2.24) is 10.2 Å². The van der Waals surface area contributed by atoms with Gasteiger partial charge in [0.05, 0.1) is 25.4 Å². The van der Waals surface area contributed by atoms with E-state index in [9.17, 15) is 9.90 Å². The first-order valence-electron chi connectivity index (χ1n) is 11.8. The number of carbonyl (C=O) groups is 1. The molecule has 2 aliphatic rings. The summed E-state index contributed by atoms with van der Waals surface area (Å²) in [7, 11) is 0. The number of hydrogen-bond acceptors (Lipinski definition) is 6. The summed E-state index contributed by atoms with van der Waals surface area (Å²) in [6, 6.07) is 5.17. The zero-order valence-electron chi connectivity index (χ0n) is 18.8. The van der Waals surface area contributed by atoms with Gasteiger partial charge in [0.2, 0.25) is 5.91 Å². The summed E-state index contributed by atoms with van der Waals surface area (Å²) >= 11 is 0. The SMILES string of the molecule is CCCCCCCC(=O)N[C@H](CCN1CCOCC1)[C@H](O)c1ccc2c(c1)OCCO2. The molecular weight excluding hydrogens is 396 g/mol.